The van der Waals surface area contributed by atoms with Gasteiger partial charge in [0.15, 0.2) is 0 Å². The van der Waals surface area contributed by atoms with Gasteiger partial charge in [0.05, 0.1) is 26.3 Å². The van der Waals surface area contributed by atoms with E-state index in [1.165, 1.54) is 5.56 Å². The Labute approximate surface area is 170 Å². The van der Waals surface area contributed by atoms with Gasteiger partial charge in [0.25, 0.3) is 0 Å². The van der Waals surface area contributed by atoms with Crippen molar-refractivity contribution in [1.82, 2.24) is 14.7 Å². The number of rotatable bonds is 5. The first-order valence-corrected chi connectivity index (χ1v) is 10.7. The van der Waals surface area contributed by atoms with Crippen LogP contribution in [0.4, 0.5) is 4.79 Å². The van der Waals surface area contributed by atoms with E-state index in [-0.39, 0.29) is 6.09 Å². The number of hydrogen-bond acceptors (Lipinski definition) is 6. The van der Waals surface area contributed by atoms with Crippen LogP contribution in [0, 0.1) is 0 Å². The number of carbonyl (C=O) groups is 1. The number of methoxy groups -OCH3 is 1. The molecule has 27 heavy (non-hydrogen) atoms. The van der Waals surface area contributed by atoms with Crippen LogP contribution in [0.2, 0.25) is 0 Å². The molecule has 0 spiro atoms. The second kappa shape index (κ2) is 9.61. The molecule has 0 radical (unpaired) electrons. The number of amides is 1. The van der Waals surface area contributed by atoms with E-state index < -0.39 is 0 Å². The maximum atomic E-state index is 11.9. The standard InChI is InChI=1S/C19H27N3O3S2/c1-3-25-18(23)21-10-8-16(9-11-21)22-13-20(14-27-19(22)26)12-15-6-4-5-7-17(15)24-2/h4-7,16H,3,8-14H2,1-2H3. The van der Waals surface area contributed by atoms with Crippen molar-refractivity contribution < 1.29 is 14.3 Å². The van der Waals surface area contributed by atoms with Crippen LogP contribution in [0.5, 0.6) is 5.75 Å². The van der Waals surface area contributed by atoms with E-state index in [0.29, 0.717) is 12.6 Å². The molecule has 2 fully saturated rings. The first-order chi connectivity index (χ1) is 13.1. The number of likely N-dealkylation sites (tertiary alicyclic amines) is 1. The van der Waals surface area contributed by atoms with Gasteiger partial charge in [-0.2, -0.15) is 0 Å². The van der Waals surface area contributed by atoms with Crippen LogP contribution >= 0.6 is 24.0 Å². The third kappa shape index (κ3) is 5.06. The highest BCUT2D eigenvalue weighted by atomic mass is 32.2. The maximum Gasteiger partial charge on any atom is 0.409 e. The molecule has 2 saturated heterocycles. The molecule has 1 aromatic carbocycles. The highest BCUT2D eigenvalue weighted by molar-refractivity contribution is 8.22. The highest BCUT2D eigenvalue weighted by Crippen LogP contribution is 2.28. The minimum absolute atomic E-state index is 0.204. The van der Waals surface area contributed by atoms with E-state index >= 15 is 0 Å². The van der Waals surface area contributed by atoms with Gasteiger partial charge in [0.1, 0.15) is 10.1 Å². The monoisotopic (exact) mass is 409 g/mol. The molecule has 0 saturated carbocycles. The molecule has 0 aliphatic carbocycles. The first kappa shape index (κ1) is 20.2. The van der Waals surface area contributed by atoms with E-state index in [0.717, 1.165) is 55.1 Å². The molecule has 0 aromatic heterocycles. The van der Waals surface area contributed by atoms with Gasteiger partial charge < -0.3 is 19.3 Å². The van der Waals surface area contributed by atoms with Crippen molar-refractivity contribution in [1.29, 1.82) is 0 Å². The summed E-state index contributed by atoms with van der Waals surface area (Å²) in [7, 11) is 1.71. The smallest absolute Gasteiger partial charge is 0.409 e. The average molecular weight is 410 g/mol. The van der Waals surface area contributed by atoms with E-state index in [1.807, 2.05) is 25.1 Å². The van der Waals surface area contributed by atoms with Crippen molar-refractivity contribution in [2.75, 3.05) is 39.4 Å². The quantitative estimate of drug-likeness (QED) is 0.691. The summed E-state index contributed by atoms with van der Waals surface area (Å²) in [6, 6.07) is 8.52. The van der Waals surface area contributed by atoms with Crippen molar-refractivity contribution in [3.05, 3.63) is 29.8 Å². The Morgan fingerprint density at radius 2 is 2.04 bits per heavy atom. The Morgan fingerprint density at radius 3 is 2.74 bits per heavy atom. The number of piperidine rings is 1. The minimum Gasteiger partial charge on any atom is -0.496 e. The molecule has 6 nitrogen and oxygen atoms in total. The Kier molecular flexibility index (Phi) is 7.20. The van der Waals surface area contributed by atoms with Gasteiger partial charge in [0.2, 0.25) is 0 Å². The van der Waals surface area contributed by atoms with Crippen LogP contribution in [-0.4, -0.2) is 70.5 Å². The van der Waals surface area contributed by atoms with Crippen LogP contribution < -0.4 is 4.74 Å². The molecule has 8 heteroatoms. The van der Waals surface area contributed by atoms with Crippen molar-refractivity contribution in [2.45, 2.75) is 32.4 Å². The molecule has 1 amide bonds. The van der Waals surface area contributed by atoms with Crippen LogP contribution in [-0.2, 0) is 11.3 Å². The van der Waals surface area contributed by atoms with Gasteiger partial charge in [0, 0.05) is 31.2 Å². The Hall–Kier alpha value is -1.51. The molecule has 2 aliphatic heterocycles. The molecular weight excluding hydrogens is 382 g/mol. The topological polar surface area (TPSA) is 45.2 Å². The van der Waals surface area contributed by atoms with E-state index in [4.69, 9.17) is 21.7 Å². The molecule has 3 rings (SSSR count). The summed E-state index contributed by atoms with van der Waals surface area (Å²) in [5.74, 6) is 1.81. The van der Waals surface area contributed by atoms with Gasteiger partial charge in [-0.15, -0.1) is 0 Å². The molecule has 148 valence electrons. The Balaban J connectivity index is 1.58. The SMILES string of the molecule is CCOC(=O)N1CCC(N2CN(Cc3ccccc3OC)CSC2=S)CC1. The molecular formula is C19H27N3O3S2. The van der Waals surface area contributed by atoms with Crippen molar-refractivity contribution in [3.8, 4) is 5.75 Å². The lowest BCUT2D eigenvalue weighted by molar-refractivity contribution is 0.0780. The second-order valence-electron chi connectivity index (χ2n) is 6.71. The maximum absolute atomic E-state index is 11.9. The van der Waals surface area contributed by atoms with Crippen LogP contribution in [0.25, 0.3) is 0 Å². The fourth-order valence-corrected chi connectivity index (χ4v) is 4.76. The predicted octanol–water partition coefficient (Wildman–Crippen LogP) is 3.37. The molecule has 0 N–H and O–H groups in total. The van der Waals surface area contributed by atoms with Crippen molar-refractivity contribution in [2.24, 2.45) is 0 Å². The number of nitrogens with zero attached hydrogens (tertiary/aromatic N) is 3. The number of thiocarbonyl (C=S) groups is 1. The summed E-state index contributed by atoms with van der Waals surface area (Å²) >= 11 is 7.34. The third-order valence-corrected chi connectivity index (χ3v) is 6.54. The summed E-state index contributed by atoms with van der Waals surface area (Å²) < 4.78 is 11.6. The lowest BCUT2D eigenvalue weighted by atomic mass is 10.0. The van der Waals surface area contributed by atoms with Gasteiger partial charge in [-0.05, 0) is 25.8 Å². The summed E-state index contributed by atoms with van der Waals surface area (Å²) in [5.41, 5.74) is 1.19. The van der Waals surface area contributed by atoms with Gasteiger partial charge in [-0.1, -0.05) is 42.2 Å². The number of hydrogen-bond donors (Lipinski definition) is 0. The first-order valence-electron chi connectivity index (χ1n) is 9.31. The van der Waals surface area contributed by atoms with Crippen LogP contribution in [0.3, 0.4) is 0 Å². The van der Waals surface area contributed by atoms with E-state index in [2.05, 4.69) is 15.9 Å². The normalized spacial score (nSPS) is 19.3. The van der Waals surface area contributed by atoms with Gasteiger partial charge in [-0.3, -0.25) is 4.90 Å². The molecule has 2 heterocycles. The van der Waals surface area contributed by atoms with E-state index in [1.54, 1.807) is 23.8 Å². The fourth-order valence-electron chi connectivity index (χ4n) is 3.55. The molecule has 0 unspecified atom stereocenters. The summed E-state index contributed by atoms with van der Waals surface area (Å²) in [4.78, 5) is 18.4. The second-order valence-corrected chi connectivity index (χ2v) is 8.29. The number of thioether (sulfide) groups is 1. The lowest BCUT2D eigenvalue weighted by Gasteiger charge is -2.44. The summed E-state index contributed by atoms with van der Waals surface area (Å²) in [5, 5.41) is 0. The lowest BCUT2D eigenvalue weighted by Crippen LogP contribution is -2.53. The van der Waals surface area contributed by atoms with Crippen molar-refractivity contribution >= 4 is 34.4 Å². The zero-order valence-electron chi connectivity index (χ0n) is 15.9. The summed E-state index contributed by atoms with van der Waals surface area (Å²) in [6.07, 6.45) is 1.63. The van der Waals surface area contributed by atoms with Crippen molar-refractivity contribution in [3.63, 3.8) is 0 Å². The largest absolute Gasteiger partial charge is 0.496 e. The van der Waals surface area contributed by atoms with Crippen LogP contribution in [0.15, 0.2) is 24.3 Å². The zero-order valence-corrected chi connectivity index (χ0v) is 17.6. The van der Waals surface area contributed by atoms with Crippen LogP contribution in [0.1, 0.15) is 25.3 Å². The summed E-state index contributed by atoms with van der Waals surface area (Å²) in [6.45, 7) is 5.35. The minimum atomic E-state index is -0.204. The predicted molar refractivity (Wildman–Crippen MR) is 112 cm³/mol. The molecule has 0 atom stereocenters. The number of benzene rings is 1. The Morgan fingerprint density at radius 1 is 1.30 bits per heavy atom. The highest BCUT2D eigenvalue weighted by Gasteiger charge is 2.32. The zero-order chi connectivity index (χ0) is 19.2. The van der Waals surface area contributed by atoms with Gasteiger partial charge in [-0.25, -0.2) is 4.79 Å². The fraction of sp³-hybridized carbons (Fsp3) is 0.579. The average Bonchev–Trinajstić information content (AvgIpc) is 2.70. The number of carbonyl (C=O) groups excluding carboxylic acids is 1. The number of ether oxygens (including phenoxy) is 2. The Bertz CT molecular complexity index is 665. The molecule has 0 bridgehead atoms. The molecule has 2 aliphatic rings. The van der Waals surface area contributed by atoms with Gasteiger partial charge >= 0.3 is 6.09 Å². The van der Waals surface area contributed by atoms with E-state index in [9.17, 15) is 4.79 Å². The molecule has 1 aromatic rings. The third-order valence-electron chi connectivity index (χ3n) is 4.98. The number of para-hydroxylation sites is 1.